The number of halogens is 1. The van der Waals surface area contributed by atoms with Crippen molar-refractivity contribution in [3.63, 3.8) is 0 Å². The lowest BCUT2D eigenvalue weighted by Gasteiger charge is -2.12. The highest BCUT2D eigenvalue weighted by Gasteiger charge is 2.11. The molecule has 0 heterocycles. The Hall–Kier alpha value is -1.29. The Kier molecular flexibility index (Phi) is 4.37. The first kappa shape index (κ1) is 11.8. The van der Waals surface area contributed by atoms with E-state index >= 15 is 0 Å². The van der Waals surface area contributed by atoms with Crippen LogP contribution >= 0.6 is 0 Å². The van der Waals surface area contributed by atoms with Gasteiger partial charge in [-0.05, 0) is 24.6 Å². The molecule has 0 aliphatic heterocycles. The number of ether oxygens (including phenoxy) is 2. The van der Waals surface area contributed by atoms with Gasteiger partial charge in [0.25, 0.3) is 0 Å². The molecule has 84 valence electrons. The molecule has 0 spiro atoms. The van der Waals surface area contributed by atoms with Gasteiger partial charge in [-0.25, -0.2) is 4.39 Å². The minimum atomic E-state index is -1.16. The standard InChI is InChI=1S/C11H16FNO2/c1-3-15-10-5-4-8(9(12)7-13)6-11(10)14-2/h4-6,9H,3,7,13H2,1-2H3. The highest BCUT2D eigenvalue weighted by Crippen LogP contribution is 2.30. The largest absolute Gasteiger partial charge is 0.493 e. The van der Waals surface area contributed by atoms with Crippen molar-refractivity contribution in [3.8, 4) is 11.5 Å². The summed E-state index contributed by atoms with van der Waals surface area (Å²) in [5.41, 5.74) is 5.76. The molecule has 0 aromatic heterocycles. The average molecular weight is 213 g/mol. The highest BCUT2D eigenvalue weighted by molar-refractivity contribution is 5.43. The smallest absolute Gasteiger partial charge is 0.161 e. The summed E-state index contributed by atoms with van der Waals surface area (Å²) in [7, 11) is 1.53. The average Bonchev–Trinajstić information content (AvgIpc) is 2.29. The van der Waals surface area contributed by atoms with Crippen molar-refractivity contribution in [1.82, 2.24) is 0 Å². The Labute approximate surface area is 89.0 Å². The second-order valence-corrected chi connectivity index (χ2v) is 3.05. The Morgan fingerprint density at radius 1 is 1.40 bits per heavy atom. The lowest BCUT2D eigenvalue weighted by Crippen LogP contribution is -2.08. The van der Waals surface area contributed by atoms with Crippen molar-refractivity contribution in [1.29, 1.82) is 0 Å². The Morgan fingerprint density at radius 2 is 2.13 bits per heavy atom. The number of methoxy groups -OCH3 is 1. The van der Waals surface area contributed by atoms with Gasteiger partial charge in [0.2, 0.25) is 0 Å². The molecule has 1 unspecified atom stereocenters. The molecular weight excluding hydrogens is 197 g/mol. The summed E-state index contributed by atoms with van der Waals surface area (Å²) in [5.74, 6) is 1.15. The van der Waals surface area contributed by atoms with Crippen molar-refractivity contribution < 1.29 is 13.9 Å². The zero-order chi connectivity index (χ0) is 11.3. The molecular formula is C11H16FNO2. The Bertz CT molecular complexity index is 317. The minimum absolute atomic E-state index is 0.0306. The van der Waals surface area contributed by atoms with Crippen molar-refractivity contribution in [2.75, 3.05) is 20.3 Å². The van der Waals surface area contributed by atoms with Gasteiger partial charge in [-0.2, -0.15) is 0 Å². The SMILES string of the molecule is CCOc1ccc(C(F)CN)cc1OC. The molecule has 1 aromatic rings. The molecule has 2 N–H and O–H groups in total. The predicted octanol–water partition coefficient (Wildman–Crippen LogP) is 2.06. The predicted molar refractivity (Wildman–Crippen MR) is 57.1 cm³/mol. The molecule has 0 amide bonds. The molecule has 0 saturated carbocycles. The number of nitrogens with two attached hydrogens (primary N) is 1. The van der Waals surface area contributed by atoms with Crippen LogP contribution in [0.2, 0.25) is 0 Å². The van der Waals surface area contributed by atoms with E-state index in [4.69, 9.17) is 15.2 Å². The fraction of sp³-hybridized carbons (Fsp3) is 0.455. The normalized spacial score (nSPS) is 12.3. The summed E-state index contributed by atoms with van der Waals surface area (Å²) < 4.78 is 23.7. The molecule has 0 radical (unpaired) electrons. The molecule has 1 aromatic carbocycles. The van der Waals surface area contributed by atoms with E-state index in [-0.39, 0.29) is 6.54 Å². The van der Waals surface area contributed by atoms with Gasteiger partial charge in [0, 0.05) is 6.54 Å². The number of rotatable bonds is 5. The lowest BCUT2D eigenvalue weighted by atomic mass is 10.1. The third-order valence-corrected chi connectivity index (χ3v) is 2.06. The van der Waals surface area contributed by atoms with Crippen molar-refractivity contribution >= 4 is 0 Å². The van der Waals surface area contributed by atoms with Crippen LogP contribution in [-0.2, 0) is 0 Å². The van der Waals surface area contributed by atoms with E-state index < -0.39 is 6.17 Å². The first-order valence-electron chi connectivity index (χ1n) is 4.87. The lowest BCUT2D eigenvalue weighted by molar-refractivity contribution is 0.308. The second-order valence-electron chi connectivity index (χ2n) is 3.05. The molecule has 3 nitrogen and oxygen atoms in total. The molecule has 0 fully saturated rings. The molecule has 4 heteroatoms. The third kappa shape index (κ3) is 2.83. The summed E-state index contributed by atoms with van der Waals surface area (Å²) >= 11 is 0. The number of hydrogen-bond acceptors (Lipinski definition) is 3. The monoisotopic (exact) mass is 213 g/mol. The van der Waals surface area contributed by atoms with Crippen LogP contribution in [0.1, 0.15) is 18.7 Å². The highest BCUT2D eigenvalue weighted by atomic mass is 19.1. The summed E-state index contributed by atoms with van der Waals surface area (Å²) in [4.78, 5) is 0. The van der Waals surface area contributed by atoms with E-state index in [0.717, 1.165) is 0 Å². The maximum Gasteiger partial charge on any atom is 0.161 e. The third-order valence-electron chi connectivity index (χ3n) is 2.06. The fourth-order valence-corrected chi connectivity index (χ4v) is 1.29. The number of alkyl halides is 1. The number of hydrogen-bond donors (Lipinski definition) is 1. The Morgan fingerprint density at radius 3 is 2.67 bits per heavy atom. The Balaban J connectivity index is 2.96. The summed E-state index contributed by atoms with van der Waals surface area (Å²) in [6.07, 6.45) is -1.16. The first-order valence-corrected chi connectivity index (χ1v) is 4.87. The minimum Gasteiger partial charge on any atom is -0.493 e. The van der Waals surface area contributed by atoms with Gasteiger partial charge >= 0.3 is 0 Å². The molecule has 1 atom stereocenters. The number of benzene rings is 1. The van der Waals surface area contributed by atoms with Crippen LogP contribution in [0.25, 0.3) is 0 Å². The van der Waals surface area contributed by atoms with Crippen LogP contribution < -0.4 is 15.2 Å². The van der Waals surface area contributed by atoms with E-state index in [0.29, 0.717) is 23.7 Å². The second kappa shape index (κ2) is 5.56. The van der Waals surface area contributed by atoms with E-state index in [1.165, 1.54) is 7.11 Å². The maximum atomic E-state index is 13.3. The molecule has 0 aliphatic rings. The van der Waals surface area contributed by atoms with Gasteiger partial charge in [-0.3, -0.25) is 0 Å². The van der Waals surface area contributed by atoms with E-state index in [9.17, 15) is 4.39 Å². The summed E-state index contributed by atoms with van der Waals surface area (Å²) in [5, 5.41) is 0. The van der Waals surface area contributed by atoms with E-state index in [2.05, 4.69) is 0 Å². The fourth-order valence-electron chi connectivity index (χ4n) is 1.29. The van der Waals surface area contributed by atoms with Gasteiger partial charge in [-0.15, -0.1) is 0 Å². The molecule has 15 heavy (non-hydrogen) atoms. The van der Waals surface area contributed by atoms with E-state index in [1.807, 2.05) is 6.92 Å². The van der Waals surface area contributed by atoms with Crippen molar-refractivity contribution in [2.45, 2.75) is 13.1 Å². The zero-order valence-electron chi connectivity index (χ0n) is 9.00. The molecule has 0 saturated heterocycles. The van der Waals surface area contributed by atoms with Crippen LogP contribution in [0.5, 0.6) is 11.5 Å². The van der Waals surface area contributed by atoms with Crippen molar-refractivity contribution in [3.05, 3.63) is 23.8 Å². The van der Waals surface area contributed by atoms with Gasteiger partial charge in [-0.1, -0.05) is 6.07 Å². The van der Waals surface area contributed by atoms with Gasteiger partial charge in [0.05, 0.1) is 13.7 Å². The zero-order valence-corrected chi connectivity index (χ0v) is 9.00. The van der Waals surface area contributed by atoms with Crippen LogP contribution in [-0.4, -0.2) is 20.3 Å². The van der Waals surface area contributed by atoms with Crippen LogP contribution in [0.3, 0.4) is 0 Å². The van der Waals surface area contributed by atoms with Crippen LogP contribution in [0.4, 0.5) is 4.39 Å². The van der Waals surface area contributed by atoms with E-state index in [1.54, 1.807) is 18.2 Å². The maximum absolute atomic E-state index is 13.3. The first-order chi connectivity index (χ1) is 7.22. The molecule has 0 aliphatic carbocycles. The molecule has 1 rings (SSSR count). The summed E-state index contributed by atoms with van der Waals surface area (Å²) in [6, 6.07) is 4.97. The quantitative estimate of drug-likeness (QED) is 0.814. The topological polar surface area (TPSA) is 44.5 Å². The van der Waals surface area contributed by atoms with Crippen molar-refractivity contribution in [2.24, 2.45) is 5.73 Å². The van der Waals surface area contributed by atoms with Crippen LogP contribution in [0.15, 0.2) is 18.2 Å². The van der Waals surface area contributed by atoms with Gasteiger partial charge in [0.1, 0.15) is 6.17 Å². The van der Waals surface area contributed by atoms with Gasteiger partial charge in [0.15, 0.2) is 11.5 Å². The summed E-state index contributed by atoms with van der Waals surface area (Å²) in [6.45, 7) is 2.40. The molecule has 0 bridgehead atoms. The van der Waals surface area contributed by atoms with Crippen LogP contribution in [0, 0.1) is 0 Å². The van der Waals surface area contributed by atoms with Gasteiger partial charge < -0.3 is 15.2 Å².